The number of hydrogen-bond donors (Lipinski definition) is 0. The third kappa shape index (κ3) is 3.71. The minimum Gasteiger partial charge on any atom is -0.257 e. The zero-order valence-electron chi connectivity index (χ0n) is 8.27. The Morgan fingerprint density at radius 3 is 2.67 bits per heavy atom. The maximum atomic E-state index is 5.59. The Morgan fingerprint density at radius 2 is 2.00 bits per heavy atom. The van der Waals surface area contributed by atoms with Crippen molar-refractivity contribution in [3.05, 3.63) is 72.4 Å². The van der Waals surface area contributed by atoms with Gasteiger partial charge in [-0.3, -0.25) is 4.98 Å². The number of benzene rings is 1. The molecule has 1 heterocycles. The van der Waals surface area contributed by atoms with E-state index in [4.69, 9.17) is 6.92 Å². The van der Waals surface area contributed by atoms with Crippen LogP contribution in [0.4, 0.5) is 0 Å². The summed E-state index contributed by atoms with van der Waals surface area (Å²) in [5.41, 5.74) is 2.68. The molecule has 1 aromatic heterocycles. The molecule has 0 aliphatic rings. The molecule has 15 heavy (non-hydrogen) atoms. The Morgan fingerprint density at radius 1 is 1.13 bits per heavy atom. The van der Waals surface area contributed by atoms with E-state index in [-0.39, 0.29) is 25.8 Å². The Balaban J connectivity index is 0.00000112. The van der Waals surface area contributed by atoms with Crippen LogP contribution in [0.1, 0.15) is 17.0 Å². The minimum atomic E-state index is 0. The molecule has 0 unspecified atom stereocenters. The van der Waals surface area contributed by atoms with Crippen molar-refractivity contribution in [3.8, 4) is 0 Å². The topological polar surface area (TPSA) is 12.9 Å². The van der Waals surface area contributed by atoms with Gasteiger partial charge >= 0.3 is 0 Å². The molecule has 0 aliphatic heterocycles. The maximum absolute atomic E-state index is 5.59. The van der Waals surface area contributed by atoms with E-state index in [2.05, 4.69) is 11.1 Å². The van der Waals surface area contributed by atoms with Crippen molar-refractivity contribution in [2.75, 3.05) is 0 Å². The van der Waals surface area contributed by atoms with Crippen LogP contribution in [0.15, 0.2) is 42.5 Å². The molecule has 0 spiro atoms. The molecule has 0 saturated heterocycles. The standard InChI is InChI=1S/C13H10N.Hf/c1-11-6-5-9-13(14-11)10-12-7-3-2-4-8-12;/h1-7,9H,10H2;/q-1;. The van der Waals surface area contributed by atoms with Crippen molar-refractivity contribution in [3.63, 3.8) is 0 Å². The Bertz CT molecular complexity index is 412. The summed E-state index contributed by atoms with van der Waals surface area (Å²) in [7, 11) is 0. The molecule has 2 radical (unpaired) electrons. The average molecular weight is 359 g/mol. The molecular weight excluding hydrogens is 349 g/mol. The van der Waals surface area contributed by atoms with E-state index >= 15 is 0 Å². The summed E-state index contributed by atoms with van der Waals surface area (Å²) < 4.78 is 0. The van der Waals surface area contributed by atoms with Gasteiger partial charge in [-0.25, -0.2) is 0 Å². The molecule has 72 valence electrons. The van der Waals surface area contributed by atoms with Crippen LogP contribution < -0.4 is 0 Å². The summed E-state index contributed by atoms with van der Waals surface area (Å²) in [5, 5.41) is 0. The van der Waals surface area contributed by atoms with Crippen LogP contribution in [0.3, 0.4) is 0 Å². The monoisotopic (exact) mass is 360 g/mol. The zero-order valence-corrected chi connectivity index (χ0v) is 11.9. The molecule has 0 atom stereocenters. The summed E-state index contributed by atoms with van der Waals surface area (Å²) in [5.74, 6) is 0. The van der Waals surface area contributed by atoms with Crippen molar-refractivity contribution in [2.24, 2.45) is 0 Å². The van der Waals surface area contributed by atoms with Crippen molar-refractivity contribution < 1.29 is 25.8 Å². The summed E-state index contributed by atoms with van der Waals surface area (Å²) in [6.45, 7) is 5.59. The second-order valence-corrected chi connectivity index (χ2v) is 3.12. The second-order valence-electron chi connectivity index (χ2n) is 3.12. The fourth-order valence-electron chi connectivity index (χ4n) is 1.33. The van der Waals surface area contributed by atoms with E-state index in [1.807, 2.05) is 36.4 Å². The summed E-state index contributed by atoms with van der Waals surface area (Å²) >= 11 is 0. The van der Waals surface area contributed by atoms with Crippen molar-refractivity contribution in [1.82, 2.24) is 4.98 Å². The molecule has 0 saturated carbocycles. The van der Waals surface area contributed by atoms with Gasteiger partial charge in [0.15, 0.2) is 0 Å². The van der Waals surface area contributed by atoms with Gasteiger partial charge in [0.1, 0.15) is 0 Å². The van der Waals surface area contributed by atoms with Crippen molar-refractivity contribution in [1.29, 1.82) is 0 Å². The van der Waals surface area contributed by atoms with E-state index in [1.165, 1.54) is 0 Å². The molecular formula is C13H10HfN-. The normalized spacial score (nSPS) is 9.40. The van der Waals surface area contributed by atoms with Crippen LogP contribution >= 0.6 is 0 Å². The first-order chi connectivity index (χ1) is 6.84. The first-order valence-electron chi connectivity index (χ1n) is 4.51. The van der Waals surface area contributed by atoms with Gasteiger partial charge in [0, 0.05) is 44.2 Å². The van der Waals surface area contributed by atoms with Crippen LogP contribution in [0.5, 0.6) is 0 Å². The van der Waals surface area contributed by atoms with Gasteiger partial charge in [0.25, 0.3) is 0 Å². The third-order valence-electron chi connectivity index (χ3n) is 1.97. The van der Waals surface area contributed by atoms with Crippen LogP contribution in [-0.2, 0) is 32.3 Å². The van der Waals surface area contributed by atoms with Crippen molar-refractivity contribution in [2.45, 2.75) is 6.42 Å². The first kappa shape index (κ1) is 12.3. The summed E-state index contributed by atoms with van der Waals surface area (Å²) in [6.07, 6.45) is 0.784. The molecule has 2 heteroatoms. The van der Waals surface area contributed by atoms with Gasteiger partial charge in [0.05, 0.1) is 0 Å². The SMILES string of the molecule is [CH]c1cccc(Cc2[c-]cccc2)n1.[Hf]. The van der Waals surface area contributed by atoms with E-state index in [1.54, 1.807) is 6.07 Å². The minimum absolute atomic E-state index is 0. The maximum Gasteiger partial charge on any atom is 0.0451 e. The van der Waals surface area contributed by atoms with Crippen LogP contribution in [-0.4, -0.2) is 4.98 Å². The summed E-state index contributed by atoms with van der Waals surface area (Å²) in [4.78, 5) is 4.23. The Labute approximate surface area is 109 Å². The van der Waals surface area contributed by atoms with E-state index < -0.39 is 0 Å². The van der Waals surface area contributed by atoms with E-state index in [0.29, 0.717) is 5.69 Å². The largest absolute Gasteiger partial charge is 0.257 e. The van der Waals surface area contributed by atoms with E-state index in [9.17, 15) is 0 Å². The quantitative estimate of drug-likeness (QED) is 0.594. The zero-order chi connectivity index (χ0) is 9.80. The number of pyridine rings is 1. The predicted octanol–water partition coefficient (Wildman–Crippen LogP) is 2.53. The predicted molar refractivity (Wildman–Crippen MR) is 55.7 cm³/mol. The second kappa shape index (κ2) is 5.96. The molecule has 0 amide bonds. The molecule has 2 rings (SSSR count). The van der Waals surface area contributed by atoms with E-state index in [0.717, 1.165) is 17.7 Å². The van der Waals surface area contributed by atoms with Gasteiger partial charge in [-0.05, 0) is 18.6 Å². The smallest absolute Gasteiger partial charge is 0.0451 e. The first-order valence-corrected chi connectivity index (χ1v) is 4.51. The fraction of sp³-hybridized carbons (Fsp3) is 0.0769. The average Bonchev–Trinajstić information content (AvgIpc) is 2.19. The number of hydrogen-bond acceptors (Lipinski definition) is 1. The Hall–Kier alpha value is -0.760. The van der Waals surface area contributed by atoms with Gasteiger partial charge in [-0.2, -0.15) is 35.9 Å². The van der Waals surface area contributed by atoms with Crippen LogP contribution in [0, 0.1) is 13.0 Å². The van der Waals surface area contributed by atoms with Gasteiger partial charge in [0.2, 0.25) is 0 Å². The van der Waals surface area contributed by atoms with Crippen LogP contribution in [0.2, 0.25) is 0 Å². The fourth-order valence-corrected chi connectivity index (χ4v) is 1.33. The molecule has 0 bridgehead atoms. The third-order valence-corrected chi connectivity index (χ3v) is 1.97. The number of rotatable bonds is 2. The van der Waals surface area contributed by atoms with Crippen LogP contribution in [0.25, 0.3) is 0 Å². The molecule has 0 N–H and O–H groups in total. The molecule has 0 aliphatic carbocycles. The van der Waals surface area contributed by atoms with Gasteiger partial charge in [-0.1, -0.05) is 6.07 Å². The molecule has 1 nitrogen and oxygen atoms in total. The Kier molecular flexibility index (Phi) is 4.89. The van der Waals surface area contributed by atoms with Gasteiger partial charge in [-0.15, -0.1) is 0 Å². The van der Waals surface area contributed by atoms with Crippen molar-refractivity contribution >= 4 is 0 Å². The molecule has 0 fully saturated rings. The number of nitrogens with zero attached hydrogens (tertiary/aromatic N) is 1. The molecule has 2 aromatic rings. The summed E-state index contributed by atoms with van der Waals surface area (Å²) in [6, 6.07) is 16.7. The number of aromatic nitrogens is 1. The molecule has 1 aromatic carbocycles. The van der Waals surface area contributed by atoms with Gasteiger partial charge < -0.3 is 0 Å².